The van der Waals surface area contributed by atoms with E-state index in [0.29, 0.717) is 5.56 Å². The second-order valence-corrected chi connectivity index (χ2v) is 7.19. The summed E-state index contributed by atoms with van der Waals surface area (Å²) < 4.78 is 29.8. The van der Waals surface area contributed by atoms with Crippen molar-refractivity contribution in [3.8, 4) is 11.5 Å². The molecule has 0 bridgehead atoms. The molecule has 0 unspecified atom stereocenters. The fourth-order valence-corrected chi connectivity index (χ4v) is 2.34. The minimum atomic E-state index is -1.06. The van der Waals surface area contributed by atoms with Crippen molar-refractivity contribution >= 4 is 24.2 Å². The SMILES string of the molecule is CCOC(=O)Oc1ccc(C[C@H](N)C(=O)O[C@H](C)COC(=O)C(C)C)cc1OC(=O)OCC. The van der Waals surface area contributed by atoms with Crippen molar-refractivity contribution in [3.63, 3.8) is 0 Å². The van der Waals surface area contributed by atoms with Crippen LogP contribution in [0.4, 0.5) is 9.59 Å². The number of nitrogens with two attached hydrogens (primary N) is 1. The minimum absolute atomic E-state index is 0.0240. The summed E-state index contributed by atoms with van der Waals surface area (Å²) in [4.78, 5) is 47.2. The maximum absolute atomic E-state index is 12.3. The van der Waals surface area contributed by atoms with Crippen LogP contribution in [-0.4, -0.2) is 56.2 Å². The summed E-state index contributed by atoms with van der Waals surface area (Å²) in [5.74, 6) is -1.60. The second-order valence-electron chi connectivity index (χ2n) is 7.19. The molecule has 11 heteroatoms. The fraction of sp³-hybridized carbons (Fsp3) is 0.545. The molecule has 0 spiro atoms. The lowest BCUT2D eigenvalue weighted by Crippen LogP contribution is -2.37. The zero-order valence-electron chi connectivity index (χ0n) is 19.5. The highest BCUT2D eigenvalue weighted by Crippen LogP contribution is 2.30. The van der Waals surface area contributed by atoms with Gasteiger partial charge in [-0.15, -0.1) is 0 Å². The molecular formula is C22H31NO10. The molecule has 1 rings (SSSR count). The molecule has 33 heavy (non-hydrogen) atoms. The van der Waals surface area contributed by atoms with Crippen molar-refractivity contribution in [2.45, 2.75) is 53.2 Å². The quantitative estimate of drug-likeness (QED) is 0.289. The third-order valence-corrected chi connectivity index (χ3v) is 3.93. The van der Waals surface area contributed by atoms with Crippen LogP contribution in [0, 0.1) is 5.92 Å². The first-order valence-corrected chi connectivity index (χ1v) is 10.5. The first-order valence-electron chi connectivity index (χ1n) is 10.5. The molecule has 0 saturated carbocycles. The summed E-state index contributed by atoms with van der Waals surface area (Å²) in [6.45, 7) is 8.25. The van der Waals surface area contributed by atoms with Gasteiger partial charge in [0.2, 0.25) is 0 Å². The number of hydrogen-bond donors (Lipinski definition) is 1. The van der Waals surface area contributed by atoms with Gasteiger partial charge in [0.25, 0.3) is 0 Å². The van der Waals surface area contributed by atoms with Gasteiger partial charge in [-0.1, -0.05) is 19.9 Å². The van der Waals surface area contributed by atoms with Gasteiger partial charge in [0.1, 0.15) is 18.8 Å². The molecule has 0 heterocycles. The van der Waals surface area contributed by atoms with E-state index < -0.39 is 36.4 Å². The van der Waals surface area contributed by atoms with Crippen molar-refractivity contribution < 1.29 is 47.6 Å². The van der Waals surface area contributed by atoms with Gasteiger partial charge in [-0.2, -0.15) is 0 Å². The van der Waals surface area contributed by atoms with Gasteiger partial charge in [-0.05, 0) is 44.9 Å². The van der Waals surface area contributed by atoms with Crippen LogP contribution >= 0.6 is 0 Å². The molecule has 0 fully saturated rings. The molecule has 184 valence electrons. The summed E-state index contributed by atoms with van der Waals surface area (Å²) in [5.41, 5.74) is 6.43. The number of benzene rings is 1. The predicted molar refractivity (Wildman–Crippen MR) is 115 cm³/mol. The highest BCUT2D eigenvalue weighted by atomic mass is 16.7. The summed E-state index contributed by atoms with van der Waals surface area (Å²) in [6.07, 6.45) is -2.64. The van der Waals surface area contributed by atoms with Gasteiger partial charge in [0, 0.05) is 0 Å². The Morgan fingerprint density at radius 1 is 0.848 bits per heavy atom. The van der Waals surface area contributed by atoms with E-state index in [1.807, 2.05) is 0 Å². The molecule has 0 amide bonds. The summed E-state index contributed by atoms with van der Waals surface area (Å²) in [6, 6.07) is 3.23. The van der Waals surface area contributed by atoms with Crippen LogP contribution in [0.5, 0.6) is 11.5 Å². The molecule has 0 aromatic heterocycles. The lowest BCUT2D eigenvalue weighted by atomic mass is 10.1. The van der Waals surface area contributed by atoms with Crippen LogP contribution in [-0.2, 0) is 35.0 Å². The third-order valence-electron chi connectivity index (χ3n) is 3.93. The van der Waals surface area contributed by atoms with Crippen molar-refractivity contribution in [2.75, 3.05) is 19.8 Å². The molecule has 11 nitrogen and oxygen atoms in total. The summed E-state index contributed by atoms with van der Waals surface area (Å²) in [7, 11) is 0. The van der Waals surface area contributed by atoms with Crippen LogP contribution < -0.4 is 15.2 Å². The van der Waals surface area contributed by atoms with E-state index in [4.69, 9.17) is 34.2 Å². The number of ether oxygens (including phenoxy) is 6. The summed E-state index contributed by atoms with van der Waals surface area (Å²) in [5, 5.41) is 0. The van der Waals surface area contributed by atoms with Gasteiger partial charge in [-0.25, -0.2) is 9.59 Å². The standard InChI is InChI=1S/C22H31NO10/c1-6-28-21(26)32-17-9-8-15(11-18(17)33-22(27)29-7-2)10-16(23)20(25)31-14(5)12-30-19(24)13(3)4/h8-9,11,13-14,16H,6-7,10,12,23H2,1-5H3/t14-,16+/m1/s1. The van der Waals surface area contributed by atoms with Crippen LogP contribution in [0.15, 0.2) is 18.2 Å². The minimum Gasteiger partial charge on any atom is -0.462 e. The first kappa shape index (κ1) is 27.7. The Balaban J connectivity index is 2.83. The fourth-order valence-electron chi connectivity index (χ4n) is 2.34. The van der Waals surface area contributed by atoms with E-state index in [1.165, 1.54) is 18.2 Å². The Morgan fingerprint density at radius 2 is 1.42 bits per heavy atom. The number of hydrogen-bond acceptors (Lipinski definition) is 11. The van der Waals surface area contributed by atoms with Crippen LogP contribution in [0.25, 0.3) is 0 Å². The van der Waals surface area contributed by atoms with Gasteiger partial charge in [-0.3, -0.25) is 9.59 Å². The summed E-state index contributed by atoms with van der Waals surface area (Å²) >= 11 is 0. The maximum Gasteiger partial charge on any atom is 0.513 e. The van der Waals surface area contributed by atoms with Crippen LogP contribution in [0.2, 0.25) is 0 Å². The smallest absolute Gasteiger partial charge is 0.462 e. The lowest BCUT2D eigenvalue weighted by Gasteiger charge is -2.18. The average Bonchev–Trinajstić information content (AvgIpc) is 2.73. The van der Waals surface area contributed by atoms with E-state index in [-0.39, 0.29) is 43.7 Å². The van der Waals surface area contributed by atoms with Crippen molar-refractivity contribution in [2.24, 2.45) is 11.7 Å². The predicted octanol–water partition coefficient (Wildman–Crippen LogP) is 2.76. The van der Waals surface area contributed by atoms with Crippen molar-refractivity contribution in [3.05, 3.63) is 23.8 Å². The highest BCUT2D eigenvalue weighted by molar-refractivity contribution is 5.76. The van der Waals surface area contributed by atoms with Crippen LogP contribution in [0.3, 0.4) is 0 Å². The van der Waals surface area contributed by atoms with E-state index >= 15 is 0 Å². The van der Waals surface area contributed by atoms with Gasteiger partial charge in [0.05, 0.1) is 19.1 Å². The highest BCUT2D eigenvalue weighted by Gasteiger charge is 2.22. The monoisotopic (exact) mass is 469 g/mol. The molecule has 0 saturated heterocycles. The number of carbonyl (C=O) groups excluding carboxylic acids is 4. The van der Waals surface area contributed by atoms with Gasteiger partial charge < -0.3 is 34.2 Å². The maximum atomic E-state index is 12.3. The molecule has 0 aliphatic carbocycles. The molecule has 0 aliphatic rings. The van der Waals surface area contributed by atoms with Crippen molar-refractivity contribution in [1.29, 1.82) is 0 Å². The molecule has 2 N–H and O–H groups in total. The Labute approximate surface area is 192 Å². The van der Waals surface area contributed by atoms with E-state index in [2.05, 4.69) is 0 Å². The molecule has 0 radical (unpaired) electrons. The molecule has 2 atom stereocenters. The molecule has 1 aromatic rings. The number of esters is 2. The second kappa shape index (κ2) is 13.9. The Morgan fingerprint density at radius 3 is 1.97 bits per heavy atom. The number of rotatable bonds is 11. The van der Waals surface area contributed by atoms with Gasteiger partial charge in [0.15, 0.2) is 11.5 Å². The largest absolute Gasteiger partial charge is 0.513 e. The number of carbonyl (C=O) groups is 4. The Bertz CT molecular complexity index is 823. The Kier molecular flexibility index (Phi) is 11.7. The molecule has 1 aromatic carbocycles. The molecular weight excluding hydrogens is 438 g/mol. The molecule has 0 aliphatic heterocycles. The third kappa shape index (κ3) is 10.2. The normalized spacial score (nSPS) is 12.3. The Hall–Kier alpha value is -3.34. The van der Waals surface area contributed by atoms with Gasteiger partial charge >= 0.3 is 24.2 Å². The zero-order valence-corrected chi connectivity index (χ0v) is 19.5. The van der Waals surface area contributed by atoms with E-state index in [9.17, 15) is 19.2 Å². The average molecular weight is 469 g/mol. The van der Waals surface area contributed by atoms with E-state index in [1.54, 1.807) is 34.6 Å². The van der Waals surface area contributed by atoms with E-state index in [0.717, 1.165) is 0 Å². The van der Waals surface area contributed by atoms with Crippen molar-refractivity contribution in [1.82, 2.24) is 0 Å². The first-order chi connectivity index (χ1) is 15.6. The lowest BCUT2D eigenvalue weighted by molar-refractivity contribution is -0.160. The topological polar surface area (TPSA) is 150 Å². The zero-order chi connectivity index (χ0) is 25.0. The van der Waals surface area contributed by atoms with Crippen LogP contribution in [0.1, 0.15) is 40.2 Å².